The van der Waals surface area contributed by atoms with Crippen LogP contribution in [0, 0.1) is 12.8 Å². The lowest BCUT2D eigenvalue weighted by Gasteiger charge is -2.28. The first-order chi connectivity index (χ1) is 11.7. The van der Waals surface area contributed by atoms with Crippen LogP contribution in [0.4, 0.5) is 0 Å². The Bertz CT molecular complexity index is 662. The Hall–Kier alpha value is -2.09. The minimum atomic E-state index is -0.292. The molecular weight excluding hydrogens is 296 g/mol. The molecule has 0 aliphatic heterocycles. The summed E-state index contributed by atoms with van der Waals surface area (Å²) in [6.07, 6.45) is 6.50. The van der Waals surface area contributed by atoms with Gasteiger partial charge in [0, 0.05) is 0 Å². The minimum absolute atomic E-state index is 0.292. The summed E-state index contributed by atoms with van der Waals surface area (Å²) in [5.41, 5.74) is 3.12. The van der Waals surface area contributed by atoms with Gasteiger partial charge in [-0.2, -0.15) is 0 Å². The van der Waals surface area contributed by atoms with Gasteiger partial charge >= 0.3 is 5.97 Å². The largest absolute Gasteiger partial charge is 0.423 e. The minimum Gasteiger partial charge on any atom is -0.423 e. The molecule has 2 aromatic rings. The van der Waals surface area contributed by atoms with Crippen molar-refractivity contribution in [2.75, 3.05) is 0 Å². The normalized spacial score (nSPS) is 20.6. The van der Waals surface area contributed by atoms with Gasteiger partial charge in [0.25, 0.3) is 0 Å². The molecule has 0 atom stereocenters. The van der Waals surface area contributed by atoms with E-state index in [-0.39, 0.29) is 5.97 Å². The molecule has 0 spiro atoms. The van der Waals surface area contributed by atoms with Crippen molar-refractivity contribution in [2.24, 2.45) is 5.92 Å². The standard InChI is InChI=1S/C22H26O2/c1-3-17-6-8-18(9-7-17)19-10-12-20(13-11-19)22(23)24-21-14-4-16(2)5-15-21/h4-5,10-15,17-18H,3,6-9H2,1-2H3. The molecule has 2 aromatic carbocycles. The molecule has 0 bridgehead atoms. The van der Waals surface area contributed by atoms with Crippen molar-refractivity contribution in [1.82, 2.24) is 0 Å². The van der Waals surface area contributed by atoms with Crippen molar-refractivity contribution in [3.63, 3.8) is 0 Å². The molecule has 0 unspecified atom stereocenters. The summed E-state index contributed by atoms with van der Waals surface area (Å²) >= 11 is 0. The molecule has 1 fully saturated rings. The van der Waals surface area contributed by atoms with Gasteiger partial charge in [0.2, 0.25) is 0 Å². The average molecular weight is 322 g/mol. The zero-order valence-electron chi connectivity index (χ0n) is 14.6. The van der Waals surface area contributed by atoms with E-state index >= 15 is 0 Å². The van der Waals surface area contributed by atoms with E-state index in [2.05, 4.69) is 19.1 Å². The Morgan fingerprint density at radius 3 is 2.17 bits per heavy atom. The maximum absolute atomic E-state index is 12.2. The van der Waals surface area contributed by atoms with Gasteiger partial charge < -0.3 is 4.74 Å². The monoisotopic (exact) mass is 322 g/mol. The van der Waals surface area contributed by atoms with E-state index < -0.39 is 0 Å². The molecule has 2 nitrogen and oxygen atoms in total. The number of hydrogen-bond donors (Lipinski definition) is 0. The molecule has 0 saturated heterocycles. The fraction of sp³-hybridized carbons (Fsp3) is 0.409. The Kier molecular flexibility index (Phi) is 5.34. The summed E-state index contributed by atoms with van der Waals surface area (Å²) in [6.45, 7) is 4.30. The second kappa shape index (κ2) is 7.65. The molecular formula is C22H26O2. The fourth-order valence-corrected chi connectivity index (χ4v) is 3.57. The number of rotatable bonds is 4. The summed E-state index contributed by atoms with van der Waals surface area (Å²) in [7, 11) is 0. The molecule has 1 saturated carbocycles. The second-order valence-corrected chi connectivity index (χ2v) is 6.95. The summed E-state index contributed by atoms with van der Waals surface area (Å²) in [4.78, 5) is 12.2. The van der Waals surface area contributed by atoms with Gasteiger partial charge in [-0.05, 0) is 74.3 Å². The van der Waals surface area contributed by atoms with E-state index in [1.165, 1.54) is 37.7 Å². The number of carbonyl (C=O) groups is 1. The summed E-state index contributed by atoms with van der Waals surface area (Å²) in [6, 6.07) is 15.5. The van der Waals surface area contributed by atoms with Crippen molar-refractivity contribution < 1.29 is 9.53 Å². The molecule has 0 heterocycles. The maximum Gasteiger partial charge on any atom is 0.343 e. The zero-order valence-corrected chi connectivity index (χ0v) is 14.6. The third-order valence-corrected chi connectivity index (χ3v) is 5.27. The van der Waals surface area contributed by atoms with E-state index in [9.17, 15) is 4.79 Å². The van der Waals surface area contributed by atoms with Gasteiger partial charge in [0.15, 0.2) is 0 Å². The van der Waals surface area contributed by atoms with Crippen molar-refractivity contribution in [3.8, 4) is 5.75 Å². The first-order valence-corrected chi connectivity index (χ1v) is 9.04. The molecule has 3 rings (SSSR count). The average Bonchev–Trinajstić information content (AvgIpc) is 2.64. The molecule has 2 heteroatoms. The van der Waals surface area contributed by atoms with E-state index in [0.717, 1.165) is 11.5 Å². The van der Waals surface area contributed by atoms with Crippen LogP contribution in [0.25, 0.3) is 0 Å². The van der Waals surface area contributed by atoms with E-state index in [0.29, 0.717) is 17.2 Å². The number of hydrogen-bond acceptors (Lipinski definition) is 2. The van der Waals surface area contributed by atoms with Crippen LogP contribution in [0.2, 0.25) is 0 Å². The number of ether oxygens (including phenoxy) is 1. The van der Waals surface area contributed by atoms with Crippen molar-refractivity contribution in [2.45, 2.75) is 51.9 Å². The van der Waals surface area contributed by atoms with Gasteiger partial charge in [0.1, 0.15) is 5.75 Å². The Morgan fingerprint density at radius 1 is 0.958 bits per heavy atom. The van der Waals surface area contributed by atoms with Crippen molar-refractivity contribution in [3.05, 3.63) is 65.2 Å². The predicted octanol–water partition coefficient (Wildman–Crippen LogP) is 5.90. The van der Waals surface area contributed by atoms with Crippen LogP contribution < -0.4 is 4.74 Å². The van der Waals surface area contributed by atoms with Crippen LogP contribution in [0.1, 0.15) is 66.4 Å². The smallest absolute Gasteiger partial charge is 0.343 e. The van der Waals surface area contributed by atoms with Crippen LogP contribution in [0.5, 0.6) is 5.75 Å². The molecule has 0 N–H and O–H groups in total. The topological polar surface area (TPSA) is 26.3 Å². The molecule has 24 heavy (non-hydrogen) atoms. The van der Waals surface area contributed by atoms with E-state index in [1.54, 1.807) is 0 Å². The van der Waals surface area contributed by atoms with Gasteiger partial charge in [-0.1, -0.05) is 43.2 Å². The first kappa shape index (κ1) is 16.8. The van der Waals surface area contributed by atoms with Crippen LogP contribution >= 0.6 is 0 Å². The Labute approximate surface area is 144 Å². The molecule has 126 valence electrons. The van der Waals surface area contributed by atoms with E-state index in [4.69, 9.17) is 4.74 Å². The molecule has 1 aliphatic rings. The van der Waals surface area contributed by atoms with Crippen LogP contribution in [-0.4, -0.2) is 5.97 Å². The summed E-state index contributed by atoms with van der Waals surface area (Å²) < 4.78 is 5.43. The first-order valence-electron chi connectivity index (χ1n) is 9.04. The lowest BCUT2D eigenvalue weighted by molar-refractivity contribution is 0.0734. The van der Waals surface area contributed by atoms with Gasteiger partial charge in [0.05, 0.1) is 5.56 Å². The highest BCUT2D eigenvalue weighted by atomic mass is 16.5. The third-order valence-electron chi connectivity index (χ3n) is 5.27. The van der Waals surface area contributed by atoms with Crippen molar-refractivity contribution in [1.29, 1.82) is 0 Å². The highest BCUT2D eigenvalue weighted by Gasteiger charge is 2.21. The Morgan fingerprint density at radius 2 is 1.58 bits per heavy atom. The highest BCUT2D eigenvalue weighted by Crippen LogP contribution is 2.36. The third kappa shape index (κ3) is 4.05. The van der Waals surface area contributed by atoms with E-state index in [1.807, 2.05) is 43.3 Å². The van der Waals surface area contributed by atoms with Crippen LogP contribution in [0.3, 0.4) is 0 Å². The Balaban J connectivity index is 1.61. The fourth-order valence-electron chi connectivity index (χ4n) is 3.57. The summed E-state index contributed by atoms with van der Waals surface area (Å²) in [5, 5.41) is 0. The van der Waals surface area contributed by atoms with Gasteiger partial charge in [-0.3, -0.25) is 0 Å². The summed E-state index contributed by atoms with van der Waals surface area (Å²) in [5.74, 6) is 1.85. The lowest BCUT2D eigenvalue weighted by Crippen LogP contribution is -2.13. The number of benzene rings is 2. The highest BCUT2D eigenvalue weighted by molar-refractivity contribution is 5.91. The van der Waals surface area contributed by atoms with Crippen LogP contribution in [0.15, 0.2) is 48.5 Å². The quantitative estimate of drug-likeness (QED) is 0.517. The number of aryl methyl sites for hydroxylation is 1. The lowest BCUT2D eigenvalue weighted by atomic mass is 9.78. The van der Waals surface area contributed by atoms with Gasteiger partial charge in [-0.25, -0.2) is 4.79 Å². The van der Waals surface area contributed by atoms with Crippen LogP contribution in [-0.2, 0) is 0 Å². The van der Waals surface area contributed by atoms with Gasteiger partial charge in [-0.15, -0.1) is 0 Å². The zero-order chi connectivity index (χ0) is 16.9. The molecule has 0 aromatic heterocycles. The number of esters is 1. The SMILES string of the molecule is CCC1CCC(c2ccc(C(=O)Oc3ccc(C)cc3)cc2)CC1. The predicted molar refractivity (Wildman–Crippen MR) is 97.6 cm³/mol. The molecule has 0 radical (unpaired) electrons. The molecule has 1 aliphatic carbocycles. The molecule has 0 amide bonds. The van der Waals surface area contributed by atoms with Crippen molar-refractivity contribution >= 4 is 5.97 Å². The maximum atomic E-state index is 12.2. The second-order valence-electron chi connectivity index (χ2n) is 6.95. The number of carbonyl (C=O) groups excluding carboxylic acids is 1.